The van der Waals surface area contributed by atoms with E-state index < -0.39 is 0 Å². The molecular formula is C13H22N2O3. The highest BCUT2D eigenvalue weighted by atomic mass is 16.5. The van der Waals surface area contributed by atoms with Crippen LogP contribution in [-0.2, 0) is 9.53 Å². The summed E-state index contributed by atoms with van der Waals surface area (Å²) in [7, 11) is 1.35. The Hall–Kier alpha value is -1.52. The van der Waals surface area contributed by atoms with E-state index in [0.717, 1.165) is 25.7 Å². The van der Waals surface area contributed by atoms with Crippen LogP contribution in [0.25, 0.3) is 0 Å². The van der Waals surface area contributed by atoms with Crippen LogP contribution in [0.5, 0.6) is 0 Å². The smallest absolute Gasteiger partial charge is 0.337 e. The van der Waals surface area contributed by atoms with Crippen LogP contribution in [0.4, 0.5) is 4.79 Å². The number of methoxy groups -OCH3 is 1. The maximum atomic E-state index is 11.7. The molecule has 5 heteroatoms. The third-order valence-corrected chi connectivity index (χ3v) is 3.11. The summed E-state index contributed by atoms with van der Waals surface area (Å²) in [6.45, 7) is 3.88. The number of amides is 2. The van der Waals surface area contributed by atoms with E-state index in [1.807, 2.05) is 0 Å². The van der Waals surface area contributed by atoms with Crippen molar-refractivity contribution in [2.45, 2.75) is 52.0 Å². The third kappa shape index (κ3) is 3.75. The Morgan fingerprint density at radius 1 is 1.33 bits per heavy atom. The number of carbonyl (C=O) groups is 2. The van der Waals surface area contributed by atoms with Crippen molar-refractivity contribution >= 4 is 12.0 Å². The molecule has 1 rings (SSSR count). The number of carbonyl (C=O) groups excluding carboxylic acids is 2. The van der Waals surface area contributed by atoms with Crippen LogP contribution in [0.15, 0.2) is 11.3 Å². The largest absolute Gasteiger partial charge is 0.466 e. The number of hydrogen-bond donors (Lipinski definition) is 2. The Labute approximate surface area is 108 Å². The van der Waals surface area contributed by atoms with E-state index >= 15 is 0 Å². The molecule has 1 atom stereocenters. The normalized spacial score (nSPS) is 19.3. The van der Waals surface area contributed by atoms with Gasteiger partial charge in [-0.25, -0.2) is 9.59 Å². The SMILES string of the molecule is CCCCCC[C@H]1NC(=O)NC(C)=C1C(=O)OC. The first-order valence-corrected chi connectivity index (χ1v) is 6.46. The number of esters is 1. The van der Waals surface area contributed by atoms with E-state index in [1.54, 1.807) is 6.92 Å². The lowest BCUT2D eigenvalue weighted by atomic mass is 9.97. The molecule has 0 unspecified atom stereocenters. The standard InChI is InChI=1S/C13H22N2O3/c1-4-5-6-7-8-10-11(12(16)18-3)9(2)14-13(17)15-10/h10H,4-8H2,1-3H3,(H2,14,15,17)/t10-/m1/s1. The van der Waals surface area contributed by atoms with Gasteiger partial charge in [-0.15, -0.1) is 0 Å². The van der Waals surface area contributed by atoms with Crippen LogP contribution >= 0.6 is 0 Å². The van der Waals surface area contributed by atoms with Crippen LogP contribution in [0.3, 0.4) is 0 Å². The summed E-state index contributed by atoms with van der Waals surface area (Å²) in [4.78, 5) is 23.1. The number of allylic oxidation sites excluding steroid dienone is 1. The van der Waals surface area contributed by atoms with Crippen molar-refractivity contribution in [1.82, 2.24) is 10.6 Å². The highest BCUT2D eigenvalue weighted by molar-refractivity contribution is 5.94. The second-order valence-corrected chi connectivity index (χ2v) is 4.53. The molecule has 0 fully saturated rings. The van der Waals surface area contributed by atoms with Crippen molar-refractivity contribution in [2.75, 3.05) is 7.11 Å². The minimum Gasteiger partial charge on any atom is -0.466 e. The van der Waals surface area contributed by atoms with E-state index in [2.05, 4.69) is 17.6 Å². The molecule has 0 aromatic rings. The van der Waals surface area contributed by atoms with Crippen LogP contribution in [0.2, 0.25) is 0 Å². The Bertz CT molecular complexity index is 350. The summed E-state index contributed by atoms with van der Waals surface area (Å²) in [6, 6.07) is -0.483. The van der Waals surface area contributed by atoms with Crippen molar-refractivity contribution in [3.8, 4) is 0 Å². The molecule has 0 spiro atoms. The first-order chi connectivity index (χ1) is 8.60. The molecular weight excluding hydrogens is 232 g/mol. The lowest BCUT2D eigenvalue weighted by molar-refractivity contribution is -0.136. The summed E-state index contributed by atoms with van der Waals surface area (Å²) in [6.07, 6.45) is 5.22. The van der Waals surface area contributed by atoms with Gasteiger partial charge in [0.05, 0.1) is 18.7 Å². The van der Waals surface area contributed by atoms with Crippen molar-refractivity contribution < 1.29 is 14.3 Å². The van der Waals surface area contributed by atoms with Gasteiger partial charge in [-0.05, 0) is 13.3 Å². The maximum absolute atomic E-state index is 11.7. The molecule has 0 aromatic heterocycles. The van der Waals surface area contributed by atoms with E-state index in [4.69, 9.17) is 4.74 Å². The van der Waals surface area contributed by atoms with Crippen molar-refractivity contribution in [3.63, 3.8) is 0 Å². The van der Waals surface area contributed by atoms with E-state index in [-0.39, 0.29) is 18.0 Å². The van der Waals surface area contributed by atoms with Gasteiger partial charge < -0.3 is 15.4 Å². The third-order valence-electron chi connectivity index (χ3n) is 3.11. The first kappa shape index (κ1) is 14.5. The van der Waals surface area contributed by atoms with Crippen LogP contribution in [0.1, 0.15) is 46.0 Å². The molecule has 1 aliphatic heterocycles. The lowest BCUT2D eigenvalue weighted by Crippen LogP contribution is -2.49. The molecule has 0 bridgehead atoms. The average molecular weight is 254 g/mol. The van der Waals surface area contributed by atoms with Gasteiger partial charge in [-0.1, -0.05) is 32.6 Å². The second-order valence-electron chi connectivity index (χ2n) is 4.53. The molecule has 1 aliphatic rings. The summed E-state index contributed by atoms with van der Waals surface area (Å²) in [5.41, 5.74) is 1.12. The highest BCUT2D eigenvalue weighted by Crippen LogP contribution is 2.19. The van der Waals surface area contributed by atoms with Crippen LogP contribution in [-0.4, -0.2) is 25.2 Å². The number of ether oxygens (including phenoxy) is 1. The Morgan fingerprint density at radius 3 is 2.67 bits per heavy atom. The average Bonchev–Trinajstić information content (AvgIpc) is 2.33. The zero-order chi connectivity index (χ0) is 13.5. The molecule has 0 saturated carbocycles. The van der Waals surface area contributed by atoms with Crippen molar-refractivity contribution in [1.29, 1.82) is 0 Å². The fourth-order valence-electron chi connectivity index (χ4n) is 2.16. The molecule has 1 heterocycles. The number of nitrogens with one attached hydrogen (secondary N) is 2. The quantitative estimate of drug-likeness (QED) is 0.563. The molecule has 0 aromatic carbocycles. The van der Waals surface area contributed by atoms with Gasteiger partial charge in [0.2, 0.25) is 0 Å². The minimum atomic E-state index is -0.375. The molecule has 2 N–H and O–H groups in total. The predicted molar refractivity (Wildman–Crippen MR) is 68.9 cm³/mol. The second kappa shape index (κ2) is 7.03. The molecule has 2 amide bonds. The van der Waals surface area contributed by atoms with Gasteiger partial charge >= 0.3 is 12.0 Å². The predicted octanol–water partition coefficient (Wildman–Crippen LogP) is 2.09. The summed E-state index contributed by atoms with van der Waals surface area (Å²) >= 11 is 0. The van der Waals surface area contributed by atoms with Gasteiger partial charge in [-0.2, -0.15) is 0 Å². The zero-order valence-electron chi connectivity index (χ0n) is 11.3. The number of hydrogen-bond acceptors (Lipinski definition) is 3. The Kier molecular flexibility index (Phi) is 5.68. The molecule has 18 heavy (non-hydrogen) atoms. The molecule has 0 aliphatic carbocycles. The molecule has 102 valence electrons. The van der Waals surface area contributed by atoms with Crippen LogP contribution < -0.4 is 10.6 Å². The number of urea groups is 1. The first-order valence-electron chi connectivity index (χ1n) is 6.46. The fourth-order valence-corrected chi connectivity index (χ4v) is 2.16. The Balaban J connectivity index is 2.69. The van der Waals surface area contributed by atoms with E-state index in [1.165, 1.54) is 13.5 Å². The molecule has 5 nitrogen and oxygen atoms in total. The highest BCUT2D eigenvalue weighted by Gasteiger charge is 2.29. The number of unbranched alkanes of at least 4 members (excludes halogenated alkanes) is 3. The minimum absolute atomic E-state index is 0.233. The van der Waals surface area contributed by atoms with Gasteiger partial charge in [0.1, 0.15) is 0 Å². The van der Waals surface area contributed by atoms with Gasteiger partial charge in [0.15, 0.2) is 0 Å². The van der Waals surface area contributed by atoms with Crippen molar-refractivity contribution in [2.24, 2.45) is 0 Å². The summed E-state index contributed by atoms with van der Waals surface area (Å²) < 4.78 is 4.76. The number of rotatable bonds is 6. The zero-order valence-corrected chi connectivity index (χ0v) is 11.3. The summed E-state index contributed by atoms with van der Waals surface area (Å²) in [5, 5.41) is 5.39. The Morgan fingerprint density at radius 2 is 2.06 bits per heavy atom. The molecule has 0 saturated heterocycles. The van der Waals surface area contributed by atoms with E-state index in [9.17, 15) is 9.59 Å². The topological polar surface area (TPSA) is 67.4 Å². The summed E-state index contributed by atoms with van der Waals surface area (Å²) in [5.74, 6) is -0.375. The van der Waals surface area contributed by atoms with Crippen molar-refractivity contribution in [3.05, 3.63) is 11.3 Å². The van der Waals surface area contributed by atoms with Gasteiger partial charge in [0, 0.05) is 5.70 Å². The monoisotopic (exact) mass is 254 g/mol. The lowest BCUT2D eigenvalue weighted by Gasteiger charge is -2.27. The van der Waals surface area contributed by atoms with Crippen LogP contribution in [0, 0.1) is 0 Å². The van der Waals surface area contributed by atoms with Gasteiger partial charge in [-0.3, -0.25) is 0 Å². The maximum Gasteiger partial charge on any atom is 0.337 e. The van der Waals surface area contributed by atoms with Gasteiger partial charge in [0.25, 0.3) is 0 Å². The molecule has 0 radical (unpaired) electrons. The fraction of sp³-hybridized carbons (Fsp3) is 0.692. The van der Waals surface area contributed by atoms with E-state index in [0.29, 0.717) is 11.3 Å².